The minimum absolute atomic E-state index is 0.536. The van der Waals surface area contributed by atoms with E-state index in [4.69, 9.17) is 13.9 Å². The van der Waals surface area contributed by atoms with Crippen LogP contribution in [0.5, 0.6) is 5.75 Å². The van der Waals surface area contributed by atoms with Crippen LogP contribution in [0.1, 0.15) is 36.8 Å². The second kappa shape index (κ2) is 10.8. The van der Waals surface area contributed by atoms with Gasteiger partial charge in [-0.1, -0.05) is 30.3 Å². The van der Waals surface area contributed by atoms with Crippen LogP contribution < -0.4 is 4.74 Å². The fraction of sp³-hybridized carbons (Fsp3) is 0.375. The van der Waals surface area contributed by atoms with E-state index in [1.807, 2.05) is 56.3 Å². The number of aliphatic hydroxyl groups is 1. The smallest absolute Gasteiger partial charge is 0.226 e. The molecule has 1 heterocycles. The van der Waals surface area contributed by atoms with E-state index in [1.54, 1.807) is 0 Å². The van der Waals surface area contributed by atoms with Gasteiger partial charge in [-0.05, 0) is 62.9 Å². The molecule has 0 radical (unpaired) electrons. The Morgan fingerprint density at radius 3 is 2.52 bits per heavy atom. The van der Waals surface area contributed by atoms with Gasteiger partial charge in [-0.3, -0.25) is 0 Å². The van der Waals surface area contributed by atoms with Crippen LogP contribution in [0.25, 0.3) is 11.5 Å². The monoisotopic (exact) mass is 395 g/mol. The molecule has 3 aromatic rings. The third kappa shape index (κ3) is 6.44. The highest BCUT2D eigenvalue weighted by atomic mass is 16.6. The van der Waals surface area contributed by atoms with Crippen LogP contribution in [0, 0.1) is 6.92 Å². The molecule has 0 aliphatic heterocycles. The molecule has 1 N–H and O–H groups in total. The second-order valence-electron chi connectivity index (χ2n) is 6.93. The normalized spacial score (nSPS) is 12.1. The molecule has 0 aliphatic carbocycles. The number of oxazole rings is 1. The Kier molecular flexibility index (Phi) is 7.85. The number of nitrogens with zero attached hydrogens (tertiary/aromatic N) is 1. The van der Waals surface area contributed by atoms with Crippen LogP contribution in [-0.2, 0) is 17.6 Å². The van der Waals surface area contributed by atoms with Gasteiger partial charge in [0.1, 0.15) is 11.5 Å². The average molecular weight is 395 g/mol. The van der Waals surface area contributed by atoms with Crippen LogP contribution in [0.3, 0.4) is 0 Å². The predicted octanol–water partition coefficient (Wildman–Crippen LogP) is 4.95. The number of benzene rings is 2. The highest BCUT2D eigenvalue weighted by molar-refractivity contribution is 5.53. The van der Waals surface area contributed by atoms with E-state index >= 15 is 0 Å². The third-order valence-electron chi connectivity index (χ3n) is 4.72. The summed E-state index contributed by atoms with van der Waals surface area (Å²) in [4.78, 5) is 4.61. The molecule has 0 bridgehead atoms. The summed E-state index contributed by atoms with van der Waals surface area (Å²) in [6.07, 6.45) is 2.47. The van der Waals surface area contributed by atoms with E-state index in [1.165, 1.54) is 5.56 Å². The highest BCUT2D eigenvalue weighted by Crippen LogP contribution is 2.22. The van der Waals surface area contributed by atoms with Crippen molar-refractivity contribution in [3.63, 3.8) is 0 Å². The topological polar surface area (TPSA) is 64.7 Å². The summed E-state index contributed by atoms with van der Waals surface area (Å²) in [7, 11) is 0. The zero-order chi connectivity index (χ0) is 20.5. The summed E-state index contributed by atoms with van der Waals surface area (Å²) in [5.41, 5.74) is 3.13. The van der Waals surface area contributed by atoms with Crippen molar-refractivity contribution in [3.8, 4) is 17.2 Å². The van der Waals surface area contributed by atoms with E-state index in [-0.39, 0.29) is 0 Å². The Labute approximate surface area is 172 Å². The van der Waals surface area contributed by atoms with Crippen LogP contribution >= 0.6 is 0 Å². The van der Waals surface area contributed by atoms with Gasteiger partial charge < -0.3 is 19.0 Å². The van der Waals surface area contributed by atoms with Gasteiger partial charge in [0.2, 0.25) is 5.89 Å². The van der Waals surface area contributed by atoms with Crippen molar-refractivity contribution < 1.29 is 19.0 Å². The molecule has 29 heavy (non-hydrogen) atoms. The largest absolute Gasteiger partial charge is 0.493 e. The quantitative estimate of drug-likeness (QED) is 0.466. The van der Waals surface area contributed by atoms with Crippen molar-refractivity contribution in [2.45, 2.75) is 45.8 Å². The summed E-state index contributed by atoms with van der Waals surface area (Å²) >= 11 is 0. The van der Waals surface area contributed by atoms with Gasteiger partial charge in [-0.2, -0.15) is 0 Å². The highest BCUT2D eigenvalue weighted by Gasteiger charge is 2.11. The molecule has 3 rings (SSSR count). The molecular weight excluding hydrogens is 366 g/mol. The molecule has 0 amide bonds. The molecule has 0 saturated heterocycles. The van der Waals surface area contributed by atoms with Gasteiger partial charge in [0.05, 0.1) is 12.3 Å². The molecule has 5 nitrogen and oxygen atoms in total. The Bertz CT molecular complexity index is 858. The van der Waals surface area contributed by atoms with Gasteiger partial charge >= 0.3 is 0 Å². The molecule has 5 heteroatoms. The summed E-state index contributed by atoms with van der Waals surface area (Å²) in [6, 6.07) is 18.0. The van der Waals surface area contributed by atoms with Gasteiger partial charge in [0, 0.05) is 18.6 Å². The van der Waals surface area contributed by atoms with E-state index in [2.05, 4.69) is 17.1 Å². The SMILES string of the molecule is CCOC(O)CCCc1ccc(OCCc2nc(-c3ccccc3)oc2C)cc1. The molecule has 1 aromatic heterocycles. The number of ether oxygens (including phenoxy) is 2. The molecule has 0 aliphatic rings. The maximum absolute atomic E-state index is 9.59. The second-order valence-corrected chi connectivity index (χ2v) is 6.93. The predicted molar refractivity (Wildman–Crippen MR) is 113 cm³/mol. The van der Waals surface area contributed by atoms with Crippen molar-refractivity contribution in [1.29, 1.82) is 0 Å². The zero-order valence-electron chi connectivity index (χ0n) is 17.1. The van der Waals surface area contributed by atoms with Crippen molar-refractivity contribution >= 4 is 0 Å². The zero-order valence-corrected chi connectivity index (χ0v) is 17.1. The Balaban J connectivity index is 1.44. The molecule has 0 spiro atoms. The first-order chi connectivity index (χ1) is 14.2. The lowest BCUT2D eigenvalue weighted by Gasteiger charge is -2.10. The average Bonchev–Trinajstić information content (AvgIpc) is 3.11. The number of hydrogen-bond donors (Lipinski definition) is 1. The lowest BCUT2D eigenvalue weighted by Crippen LogP contribution is -2.11. The lowest BCUT2D eigenvalue weighted by atomic mass is 10.1. The van der Waals surface area contributed by atoms with Crippen LogP contribution in [0.2, 0.25) is 0 Å². The van der Waals surface area contributed by atoms with E-state index in [9.17, 15) is 5.11 Å². The fourth-order valence-corrected chi connectivity index (χ4v) is 3.14. The van der Waals surface area contributed by atoms with Gasteiger partial charge in [0.15, 0.2) is 6.29 Å². The molecule has 1 unspecified atom stereocenters. The Morgan fingerprint density at radius 1 is 1.03 bits per heavy atom. The summed E-state index contributed by atoms with van der Waals surface area (Å²) in [6.45, 7) is 4.90. The van der Waals surface area contributed by atoms with Gasteiger partial charge in [-0.15, -0.1) is 0 Å². The van der Waals surface area contributed by atoms with Gasteiger partial charge in [-0.25, -0.2) is 4.98 Å². The Morgan fingerprint density at radius 2 is 1.79 bits per heavy atom. The first kappa shape index (κ1) is 21.1. The van der Waals surface area contributed by atoms with Crippen molar-refractivity contribution in [2.75, 3.05) is 13.2 Å². The maximum Gasteiger partial charge on any atom is 0.226 e. The summed E-state index contributed by atoms with van der Waals surface area (Å²) < 4.78 is 16.8. The molecule has 0 saturated carbocycles. The number of aryl methyl sites for hydroxylation is 2. The van der Waals surface area contributed by atoms with Crippen LogP contribution in [0.4, 0.5) is 0 Å². The number of rotatable bonds is 11. The summed E-state index contributed by atoms with van der Waals surface area (Å²) in [5, 5.41) is 9.59. The number of aromatic nitrogens is 1. The van der Waals surface area contributed by atoms with Crippen LogP contribution in [-0.4, -0.2) is 29.6 Å². The van der Waals surface area contributed by atoms with Gasteiger partial charge in [0.25, 0.3) is 0 Å². The van der Waals surface area contributed by atoms with E-state index < -0.39 is 6.29 Å². The van der Waals surface area contributed by atoms with E-state index in [0.29, 0.717) is 31.9 Å². The lowest BCUT2D eigenvalue weighted by molar-refractivity contribution is -0.0990. The number of aliphatic hydroxyl groups excluding tert-OH is 1. The standard InChI is InChI=1S/C24H29NO4/c1-3-27-23(26)11-7-8-19-12-14-21(15-13-19)28-17-16-22-18(2)29-24(25-22)20-9-5-4-6-10-20/h4-6,9-10,12-15,23,26H,3,7-8,11,16-17H2,1-2H3. The van der Waals surface area contributed by atoms with E-state index in [0.717, 1.165) is 35.6 Å². The molecule has 2 aromatic carbocycles. The van der Waals surface area contributed by atoms with Crippen molar-refractivity contribution in [3.05, 3.63) is 71.6 Å². The van der Waals surface area contributed by atoms with Crippen molar-refractivity contribution in [2.24, 2.45) is 0 Å². The minimum Gasteiger partial charge on any atom is -0.493 e. The van der Waals surface area contributed by atoms with Crippen molar-refractivity contribution in [1.82, 2.24) is 4.98 Å². The minimum atomic E-state index is -0.662. The number of hydrogen-bond acceptors (Lipinski definition) is 5. The third-order valence-corrected chi connectivity index (χ3v) is 4.72. The molecule has 154 valence electrons. The fourth-order valence-electron chi connectivity index (χ4n) is 3.14. The molecule has 1 atom stereocenters. The van der Waals surface area contributed by atoms with Crippen LogP contribution in [0.15, 0.2) is 59.0 Å². The molecular formula is C24H29NO4. The first-order valence-electron chi connectivity index (χ1n) is 10.2. The Hall–Kier alpha value is -2.63. The maximum atomic E-state index is 9.59. The first-order valence-corrected chi connectivity index (χ1v) is 10.2. The summed E-state index contributed by atoms with van der Waals surface area (Å²) in [5.74, 6) is 2.32. The molecule has 0 fully saturated rings.